The van der Waals surface area contributed by atoms with Crippen molar-refractivity contribution in [3.8, 4) is 11.5 Å². The predicted molar refractivity (Wildman–Crippen MR) is 128 cm³/mol. The lowest BCUT2D eigenvalue weighted by Crippen LogP contribution is -2.54. The molecule has 0 saturated carbocycles. The molecule has 0 aliphatic carbocycles. The summed E-state index contributed by atoms with van der Waals surface area (Å²) in [7, 11) is 3.33. The predicted octanol–water partition coefficient (Wildman–Crippen LogP) is 4.34. The number of ether oxygens (including phenoxy) is 4. The van der Waals surface area contributed by atoms with Crippen LogP contribution in [0.4, 0.5) is 4.79 Å². The van der Waals surface area contributed by atoms with Gasteiger partial charge in [0, 0.05) is 26.2 Å². The lowest BCUT2D eigenvalue weighted by atomic mass is 10.1. The van der Waals surface area contributed by atoms with Crippen molar-refractivity contribution < 1.29 is 23.7 Å². The van der Waals surface area contributed by atoms with Crippen LogP contribution in [0, 0.1) is 0 Å². The van der Waals surface area contributed by atoms with Gasteiger partial charge in [-0.25, -0.2) is 4.79 Å². The molecular formula is C26H36N2O5. The van der Waals surface area contributed by atoms with Crippen molar-refractivity contribution in [2.75, 3.05) is 40.5 Å². The van der Waals surface area contributed by atoms with E-state index < -0.39 is 5.60 Å². The minimum atomic E-state index is -0.536. The van der Waals surface area contributed by atoms with Crippen molar-refractivity contribution >= 4 is 6.09 Å². The van der Waals surface area contributed by atoms with Gasteiger partial charge in [-0.15, -0.1) is 0 Å². The molecule has 1 aliphatic heterocycles. The standard InChI is InChI=1S/C26H36N2O5/c1-26(2,3)33-25(29)28-14-15-32-19-22(28)18-27(16-20-6-10-23(30-4)11-7-20)17-21-8-12-24(31-5)13-9-21/h6-13,22H,14-19H2,1-5H3. The molecule has 3 rings (SSSR count). The average Bonchev–Trinajstić information content (AvgIpc) is 2.79. The van der Waals surface area contributed by atoms with E-state index in [2.05, 4.69) is 29.2 Å². The number of amides is 1. The first kappa shape index (κ1) is 24.9. The summed E-state index contributed by atoms with van der Waals surface area (Å²) in [5.41, 5.74) is 1.81. The van der Waals surface area contributed by atoms with E-state index in [0.717, 1.165) is 24.6 Å². The second-order valence-electron chi connectivity index (χ2n) is 9.27. The van der Waals surface area contributed by atoms with Crippen molar-refractivity contribution in [2.45, 2.75) is 45.5 Å². The zero-order valence-electron chi connectivity index (χ0n) is 20.4. The van der Waals surface area contributed by atoms with Gasteiger partial charge < -0.3 is 18.9 Å². The molecule has 0 bridgehead atoms. The van der Waals surface area contributed by atoms with E-state index in [0.29, 0.717) is 26.3 Å². The molecule has 1 heterocycles. The molecule has 1 amide bonds. The highest BCUT2D eigenvalue weighted by Crippen LogP contribution is 2.20. The van der Waals surface area contributed by atoms with E-state index in [1.165, 1.54) is 11.1 Å². The topological polar surface area (TPSA) is 60.5 Å². The smallest absolute Gasteiger partial charge is 0.410 e. The molecule has 0 spiro atoms. The maximum absolute atomic E-state index is 12.9. The fourth-order valence-corrected chi connectivity index (χ4v) is 3.83. The van der Waals surface area contributed by atoms with Crippen LogP contribution in [0.2, 0.25) is 0 Å². The average molecular weight is 457 g/mol. The van der Waals surface area contributed by atoms with Gasteiger partial charge in [-0.1, -0.05) is 24.3 Å². The Balaban J connectivity index is 1.77. The van der Waals surface area contributed by atoms with Crippen LogP contribution in [0.1, 0.15) is 31.9 Å². The van der Waals surface area contributed by atoms with E-state index in [1.807, 2.05) is 49.9 Å². The summed E-state index contributed by atoms with van der Waals surface area (Å²) in [4.78, 5) is 17.0. The fourth-order valence-electron chi connectivity index (χ4n) is 3.83. The number of carbonyl (C=O) groups excluding carboxylic acids is 1. The van der Waals surface area contributed by atoms with Crippen LogP contribution in [0.3, 0.4) is 0 Å². The molecule has 1 saturated heterocycles. The summed E-state index contributed by atoms with van der Waals surface area (Å²) < 4.78 is 22.0. The number of methoxy groups -OCH3 is 2. The van der Waals surface area contributed by atoms with Gasteiger partial charge in [0.15, 0.2) is 0 Å². The molecule has 1 unspecified atom stereocenters. The molecule has 7 nitrogen and oxygen atoms in total. The number of nitrogens with zero attached hydrogens (tertiary/aromatic N) is 2. The molecule has 33 heavy (non-hydrogen) atoms. The Bertz CT molecular complexity index is 828. The molecule has 1 fully saturated rings. The molecule has 2 aromatic carbocycles. The Labute approximate surface area is 197 Å². The van der Waals surface area contributed by atoms with Crippen molar-refractivity contribution in [2.24, 2.45) is 0 Å². The Morgan fingerprint density at radius 3 is 1.94 bits per heavy atom. The Kier molecular flexibility index (Phi) is 8.58. The first-order valence-electron chi connectivity index (χ1n) is 11.3. The van der Waals surface area contributed by atoms with Gasteiger partial charge in [-0.3, -0.25) is 9.80 Å². The van der Waals surface area contributed by atoms with Crippen LogP contribution in [0.5, 0.6) is 11.5 Å². The van der Waals surface area contributed by atoms with Crippen LogP contribution in [0.15, 0.2) is 48.5 Å². The van der Waals surface area contributed by atoms with Gasteiger partial charge in [0.25, 0.3) is 0 Å². The summed E-state index contributed by atoms with van der Waals surface area (Å²) in [6, 6.07) is 16.1. The summed E-state index contributed by atoms with van der Waals surface area (Å²) in [6.45, 7) is 9.33. The summed E-state index contributed by atoms with van der Waals surface area (Å²) in [6.07, 6.45) is -0.287. The normalized spacial score (nSPS) is 16.5. The van der Waals surface area contributed by atoms with E-state index in [-0.39, 0.29) is 12.1 Å². The highest BCUT2D eigenvalue weighted by Gasteiger charge is 2.32. The number of benzene rings is 2. The molecule has 0 N–H and O–H groups in total. The van der Waals surface area contributed by atoms with Gasteiger partial charge >= 0.3 is 6.09 Å². The SMILES string of the molecule is COc1ccc(CN(Cc2ccc(OC)cc2)CC2COCCN2C(=O)OC(C)(C)C)cc1. The van der Waals surface area contributed by atoms with Crippen LogP contribution < -0.4 is 9.47 Å². The van der Waals surface area contributed by atoms with E-state index in [4.69, 9.17) is 18.9 Å². The van der Waals surface area contributed by atoms with Crippen molar-refractivity contribution in [1.29, 1.82) is 0 Å². The summed E-state index contributed by atoms with van der Waals surface area (Å²) >= 11 is 0. The first-order valence-corrected chi connectivity index (χ1v) is 11.3. The molecule has 7 heteroatoms. The summed E-state index contributed by atoms with van der Waals surface area (Å²) in [5, 5.41) is 0. The minimum Gasteiger partial charge on any atom is -0.497 e. The molecule has 0 radical (unpaired) electrons. The van der Waals surface area contributed by atoms with Crippen LogP contribution in [-0.2, 0) is 22.6 Å². The number of hydrogen-bond acceptors (Lipinski definition) is 6. The van der Waals surface area contributed by atoms with Gasteiger partial charge in [0.05, 0.1) is 33.5 Å². The highest BCUT2D eigenvalue weighted by molar-refractivity contribution is 5.68. The van der Waals surface area contributed by atoms with Crippen LogP contribution >= 0.6 is 0 Å². The van der Waals surface area contributed by atoms with Crippen molar-refractivity contribution in [3.63, 3.8) is 0 Å². The zero-order valence-corrected chi connectivity index (χ0v) is 20.4. The van der Waals surface area contributed by atoms with E-state index >= 15 is 0 Å². The number of morpholine rings is 1. The molecule has 0 aromatic heterocycles. The van der Waals surface area contributed by atoms with Gasteiger partial charge in [0.2, 0.25) is 0 Å². The molecule has 180 valence electrons. The number of carbonyl (C=O) groups is 1. The lowest BCUT2D eigenvalue weighted by molar-refractivity contribution is -0.0405. The van der Waals surface area contributed by atoms with E-state index in [1.54, 1.807) is 14.2 Å². The minimum absolute atomic E-state index is 0.0925. The highest BCUT2D eigenvalue weighted by atomic mass is 16.6. The molecule has 2 aromatic rings. The van der Waals surface area contributed by atoms with E-state index in [9.17, 15) is 4.79 Å². The lowest BCUT2D eigenvalue weighted by Gasteiger charge is -2.39. The second kappa shape index (κ2) is 11.4. The second-order valence-corrected chi connectivity index (χ2v) is 9.27. The first-order chi connectivity index (χ1) is 15.8. The monoisotopic (exact) mass is 456 g/mol. The Hall–Kier alpha value is -2.77. The van der Waals surface area contributed by atoms with Crippen LogP contribution in [0.25, 0.3) is 0 Å². The molecule has 1 atom stereocenters. The fraction of sp³-hybridized carbons (Fsp3) is 0.500. The molecule has 1 aliphatic rings. The van der Waals surface area contributed by atoms with Crippen LogP contribution in [-0.4, -0.2) is 68.1 Å². The number of hydrogen-bond donors (Lipinski definition) is 0. The quantitative estimate of drug-likeness (QED) is 0.589. The Morgan fingerprint density at radius 1 is 0.970 bits per heavy atom. The third kappa shape index (κ3) is 7.65. The largest absolute Gasteiger partial charge is 0.497 e. The van der Waals surface area contributed by atoms with Gasteiger partial charge in [0.1, 0.15) is 17.1 Å². The van der Waals surface area contributed by atoms with Crippen molar-refractivity contribution in [1.82, 2.24) is 9.80 Å². The Morgan fingerprint density at radius 2 is 1.48 bits per heavy atom. The van der Waals surface area contributed by atoms with Gasteiger partial charge in [-0.2, -0.15) is 0 Å². The third-order valence-corrected chi connectivity index (χ3v) is 5.45. The molecular weight excluding hydrogens is 420 g/mol. The van der Waals surface area contributed by atoms with Crippen molar-refractivity contribution in [3.05, 3.63) is 59.7 Å². The van der Waals surface area contributed by atoms with Gasteiger partial charge in [-0.05, 0) is 56.2 Å². The third-order valence-electron chi connectivity index (χ3n) is 5.45. The maximum atomic E-state index is 12.9. The zero-order chi connectivity index (χ0) is 23.8. The number of rotatable bonds is 8. The maximum Gasteiger partial charge on any atom is 0.410 e. The summed E-state index contributed by atoms with van der Waals surface area (Å²) in [5.74, 6) is 1.66.